The molecule has 0 bridgehead atoms. The van der Waals surface area contributed by atoms with Crippen LogP contribution >= 0.6 is 0 Å². The Balaban J connectivity index is 2.98. The van der Waals surface area contributed by atoms with Gasteiger partial charge in [0.15, 0.2) is 5.78 Å². The lowest BCUT2D eigenvalue weighted by atomic mass is 9.94. The molecule has 7 nitrogen and oxygen atoms in total. The molecule has 1 aliphatic heterocycles. The van der Waals surface area contributed by atoms with Crippen LogP contribution in [0.3, 0.4) is 0 Å². The van der Waals surface area contributed by atoms with Crippen molar-refractivity contribution in [2.45, 2.75) is 90.8 Å². The zero-order valence-corrected chi connectivity index (χ0v) is 19.8. The highest BCUT2D eigenvalue weighted by atomic mass is 28.3. The van der Waals surface area contributed by atoms with Crippen molar-refractivity contribution in [3.63, 3.8) is 0 Å². The van der Waals surface area contributed by atoms with E-state index < -0.39 is 37.9 Å². The standard InChI is InChI=1S/C20H38N2O5Si/c1-9-15-17(16(23)10-2)22(18(24)26-13-14-28(6,7)8)12-11-21(15)19(25)27-20(3,4)5/h15,17H,9-14H2,1-8H3/t15-,17-/m0/s1. The first-order valence-electron chi connectivity index (χ1n) is 10.3. The van der Waals surface area contributed by atoms with E-state index >= 15 is 0 Å². The number of carbonyl (C=O) groups excluding carboxylic acids is 3. The molecule has 1 saturated heterocycles. The van der Waals surface area contributed by atoms with Crippen molar-refractivity contribution >= 4 is 26.0 Å². The summed E-state index contributed by atoms with van der Waals surface area (Å²) in [7, 11) is -1.32. The van der Waals surface area contributed by atoms with Crippen molar-refractivity contribution in [2.75, 3.05) is 19.7 Å². The molecular weight excluding hydrogens is 376 g/mol. The molecule has 1 heterocycles. The number of nitrogens with zero attached hydrogens (tertiary/aromatic N) is 2. The van der Waals surface area contributed by atoms with Crippen molar-refractivity contribution in [3.8, 4) is 0 Å². The minimum Gasteiger partial charge on any atom is -0.450 e. The van der Waals surface area contributed by atoms with Crippen LogP contribution in [0.15, 0.2) is 0 Å². The molecule has 2 atom stereocenters. The molecule has 0 unspecified atom stereocenters. The molecule has 2 amide bonds. The molecule has 8 heteroatoms. The maximum Gasteiger partial charge on any atom is 0.410 e. The maximum atomic E-state index is 12.7. The van der Waals surface area contributed by atoms with Crippen LogP contribution in [-0.2, 0) is 14.3 Å². The quantitative estimate of drug-likeness (QED) is 0.611. The topological polar surface area (TPSA) is 76.2 Å². The van der Waals surface area contributed by atoms with Gasteiger partial charge in [0.25, 0.3) is 0 Å². The SMILES string of the molecule is CCC(=O)[C@@H]1[C@H](CC)N(C(=O)OC(C)(C)C)CCN1C(=O)OCC[Si](C)(C)C. The highest BCUT2D eigenvalue weighted by Gasteiger charge is 2.44. The van der Waals surface area contributed by atoms with Crippen molar-refractivity contribution in [2.24, 2.45) is 0 Å². The van der Waals surface area contributed by atoms with E-state index in [-0.39, 0.29) is 12.3 Å². The monoisotopic (exact) mass is 414 g/mol. The molecule has 1 aliphatic rings. The first-order chi connectivity index (χ1) is 12.8. The summed E-state index contributed by atoms with van der Waals surface area (Å²) in [6, 6.07) is -0.239. The minimum atomic E-state index is -1.32. The molecule has 0 saturated carbocycles. The second-order valence-electron chi connectivity index (χ2n) is 9.53. The summed E-state index contributed by atoms with van der Waals surface area (Å²) in [6.07, 6.45) is -0.0663. The molecule has 0 aliphatic carbocycles. The Morgan fingerprint density at radius 1 is 1.00 bits per heavy atom. The molecule has 0 aromatic carbocycles. The summed E-state index contributed by atoms with van der Waals surface area (Å²) in [5, 5.41) is 0. The van der Waals surface area contributed by atoms with Crippen molar-refractivity contribution < 1.29 is 23.9 Å². The van der Waals surface area contributed by atoms with E-state index in [0.717, 1.165) is 6.04 Å². The average Bonchev–Trinajstić information content (AvgIpc) is 2.56. The van der Waals surface area contributed by atoms with E-state index in [2.05, 4.69) is 19.6 Å². The second-order valence-corrected chi connectivity index (χ2v) is 15.2. The third-order valence-electron chi connectivity index (χ3n) is 4.72. The van der Waals surface area contributed by atoms with E-state index in [4.69, 9.17) is 9.47 Å². The van der Waals surface area contributed by atoms with Gasteiger partial charge in [-0.2, -0.15) is 0 Å². The fourth-order valence-electron chi connectivity index (χ4n) is 3.22. The summed E-state index contributed by atoms with van der Waals surface area (Å²) < 4.78 is 11.0. The van der Waals surface area contributed by atoms with Crippen molar-refractivity contribution in [3.05, 3.63) is 0 Å². The van der Waals surface area contributed by atoms with Gasteiger partial charge >= 0.3 is 12.2 Å². The molecular formula is C20H38N2O5Si. The summed E-state index contributed by atoms with van der Waals surface area (Å²) in [5.74, 6) is -0.0674. The Labute approximate surface area is 170 Å². The number of carbonyl (C=O) groups is 3. The largest absolute Gasteiger partial charge is 0.450 e. The third kappa shape index (κ3) is 7.11. The van der Waals surface area contributed by atoms with Gasteiger partial charge in [-0.3, -0.25) is 9.69 Å². The second kappa shape index (κ2) is 9.76. The van der Waals surface area contributed by atoms with Crippen LogP contribution in [0.2, 0.25) is 25.7 Å². The van der Waals surface area contributed by atoms with Crippen LogP contribution < -0.4 is 0 Å². The van der Waals surface area contributed by atoms with E-state index in [1.54, 1.807) is 11.8 Å². The van der Waals surface area contributed by atoms with Crippen LogP contribution in [0.1, 0.15) is 47.5 Å². The Morgan fingerprint density at radius 2 is 1.57 bits per heavy atom. The van der Waals surface area contributed by atoms with Gasteiger partial charge in [-0.25, -0.2) is 9.59 Å². The lowest BCUT2D eigenvalue weighted by Crippen LogP contribution is -2.65. The molecule has 0 N–H and O–H groups in total. The first-order valence-corrected chi connectivity index (χ1v) is 14.0. The molecule has 162 valence electrons. The third-order valence-corrected chi connectivity index (χ3v) is 6.42. The van der Waals surface area contributed by atoms with Gasteiger partial charge in [0.05, 0.1) is 12.6 Å². The van der Waals surface area contributed by atoms with E-state index in [0.29, 0.717) is 26.0 Å². The number of hydrogen-bond acceptors (Lipinski definition) is 5. The molecule has 0 spiro atoms. The smallest absolute Gasteiger partial charge is 0.410 e. The number of hydrogen-bond donors (Lipinski definition) is 0. The summed E-state index contributed by atoms with van der Waals surface area (Å²) in [4.78, 5) is 41.2. The minimum absolute atomic E-state index is 0.0674. The molecule has 0 aromatic rings. The molecule has 1 rings (SSSR count). The van der Waals surface area contributed by atoms with Gasteiger partial charge < -0.3 is 14.4 Å². The molecule has 1 fully saturated rings. The number of piperazine rings is 1. The predicted octanol–water partition coefficient (Wildman–Crippen LogP) is 4.14. The van der Waals surface area contributed by atoms with Gasteiger partial charge in [0.1, 0.15) is 11.6 Å². The maximum absolute atomic E-state index is 12.7. The van der Waals surface area contributed by atoms with E-state index in [9.17, 15) is 14.4 Å². The van der Waals surface area contributed by atoms with Crippen LogP contribution in [0.5, 0.6) is 0 Å². The zero-order valence-electron chi connectivity index (χ0n) is 18.8. The number of ketones is 1. The van der Waals surface area contributed by atoms with Gasteiger partial charge in [-0.05, 0) is 33.2 Å². The van der Waals surface area contributed by atoms with Gasteiger partial charge in [0.2, 0.25) is 0 Å². The number of rotatable bonds is 6. The van der Waals surface area contributed by atoms with Crippen LogP contribution in [0, 0.1) is 0 Å². The Hall–Kier alpha value is -1.57. The highest BCUT2D eigenvalue weighted by molar-refractivity contribution is 6.76. The Kier molecular flexibility index (Phi) is 8.53. The molecule has 0 radical (unpaired) electrons. The average molecular weight is 415 g/mol. The normalized spacial score (nSPS) is 20.7. The molecule has 0 aromatic heterocycles. The first kappa shape index (κ1) is 24.5. The van der Waals surface area contributed by atoms with E-state index in [1.807, 2.05) is 27.7 Å². The van der Waals surface area contributed by atoms with Gasteiger partial charge in [0, 0.05) is 27.6 Å². The predicted molar refractivity (Wildman–Crippen MR) is 112 cm³/mol. The van der Waals surface area contributed by atoms with Crippen LogP contribution in [0.25, 0.3) is 0 Å². The number of amides is 2. The Bertz CT molecular complexity index is 568. The number of ether oxygens (including phenoxy) is 2. The van der Waals surface area contributed by atoms with Crippen molar-refractivity contribution in [1.29, 1.82) is 0 Å². The van der Waals surface area contributed by atoms with Gasteiger partial charge in [-0.15, -0.1) is 0 Å². The lowest BCUT2D eigenvalue weighted by molar-refractivity contribution is -0.128. The fourth-order valence-corrected chi connectivity index (χ4v) is 3.93. The van der Waals surface area contributed by atoms with E-state index in [1.165, 1.54) is 4.90 Å². The molecule has 28 heavy (non-hydrogen) atoms. The lowest BCUT2D eigenvalue weighted by Gasteiger charge is -2.46. The summed E-state index contributed by atoms with van der Waals surface area (Å²) in [6.45, 7) is 16.7. The fraction of sp³-hybridized carbons (Fsp3) is 0.850. The Morgan fingerprint density at radius 3 is 2.04 bits per heavy atom. The van der Waals surface area contributed by atoms with Crippen molar-refractivity contribution in [1.82, 2.24) is 9.80 Å². The summed E-state index contributed by atoms with van der Waals surface area (Å²) >= 11 is 0. The zero-order chi connectivity index (χ0) is 21.7. The van der Waals surface area contributed by atoms with Crippen LogP contribution in [-0.4, -0.2) is 73.2 Å². The summed E-state index contributed by atoms with van der Waals surface area (Å²) in [5.41, 5.74) is -0.619. The highest BCUT2D eigenvalue weighted by Crippen LogP contribution is 2.25. The van der Waals surface area contributed by atoms with Gasteiger partial charge in [-0.1, -0.05) is 33.5 Å². The number of Topliss-reactive ketones (excluding diaryl/α,β-unsaturated/α-hetero) is 1. The van der Waals surface area contributed by atoms with Crippen LogP contribution in [0.4, 0.5) is 9.59 Å².